The van der Waals surface area contributed by atoms with Crippen molar-refractivity contribution in [2.75, 3.05) is 5.32 Å². The highest BCUT2D eigenvalue weighted by molar-refractivity contribution is 5.90. The molecule has 1 N–H and O–H groups in total. The molecular weight excluding hydrogens is 366 g/mol. The number of para-hydroxylation sites is 1. The van der Waals surface area contributed by atoms with E-state index in [2.05, 4.69) is 15.3 Å². The molecule has 0 fully saturated rings. The summed E-state index contributed by atoms with van der Waals surface area (Å²) in [7, 11) is 0. The Morgan fingerprint density at radius 3 is 2.38 bits per heavy atom. The Labute approximate surface area is 168 Å². The molecule has 29 heavy (non-hydrogen) atoms. The number of anilines is 1. The molecule has 0 aliphatic heterocycles. The van der Waals surface area contributed by atoms with Crippen LogP contribution in [0.4, 0.5) is 5.69 Å². The normalized spacial score (nSPS) is 10.5. The second-order valence-electron chi connectivity index (χ2n) is 6.33. The highest BCUT2D eigenvalue weighted by Crippen LogP contribution is 2.21. The van der Waals surface area contributed by atoms with Gasteiger partial charge in [0.05, 0.1) is 18.1 Å². The number of rotatable bonds is 7. The first-order valence-electron chi connectivity index (χ1n) is 9.25. The van der Waals surface area contributed by atoms with Crippen molar-refractivity contribution in [1.82, 2.24) is 9.97 Å². The molecule has 4 aromatic rings. The van der Waals surface area contributed by atoms with Crippen LogP contribution in [0.25, 0.3) is 11.3 Å². The summed E-state index contributed by atoms with van der Waals surface area (Å²) >= 11 is 0. The van der Waals surface area contributed by atoms with Crippen molar-refractivity contribution < 1.29 is 13.9 Å². The van der Waals surface area contributed by atoms with Gasteiger partial charge in [-0.15, -0.1) is 0 Å². The van der Waals surface area contributed by atoms with Gasteiger partial charge in [-0.2, -0.15) is 0 Å². The Kier molecular flexibility index (Phi) is 5.62. The molecule has 0 aliphatic carbocycles. The lowest BCUT2D eigenvalue weighted by molar-refractivity contribution is -0.116. The number of nitrogens with one attached hydrogen (secondary N) is 1. The number of hydrogen-bond donors (Lipinski definition) is 1. The van der Waals surface area contributed by atoms with Crippen LogP contribution in [0.2, 0.25) is 0 Å². The number of amides is 1. The van der Waals surface area contributed by atoms with Gasteiger partial charge in [-0.25, -0.2) is 9.97 Å². The van der Waals surface area contributed by atoms with E-state index in [0.29, 0.717) is 35.4 Å². The fraction of sp³-hybridized carbons (Fsp3) is 0.0870. The van der Waals surface area contributed by atoms with Gasteiger partial charge in [0.1, 0.15) is 5.75 Å². The molecule has 0 saturated carbocycles. The molecule has 1 amide bonds. The largest absolute Gasteiger partial charge is 0.441 e. The smallest absolute Gasteiger partial charge is 0.224 e. The minimum Gasteiger partial charge on any atom is -0.441 e. The summed E-state index contributed by atoms with van der Waals surface area (Å²) in [5.74, 6) is 2.26. The van der Waals surface area contributed by atoms with Crippen molar-refractivity contribution in [3.8, 4) is 23.0 Å². The van der Waals surface area contributed by atoms with Crippen LogP contribution in [0.3, 0.4) is 0 Å². The summed E-state index contributed by atoms with van der Waals surface area (Å²) in [5.41, 5.74) is 1.56. The molecule has 0 unspecified atom stereocenters. The average molecular weight is 385 g/mol. The van der Waals surface area contributed by atoms with Crippen LogP contribution in [0.5, 0.6) is 11.6 Å². The summed E-state index contributed by atoms with van der Waals surface area (Å²) in [4.78, 5) is 20.7. The molecule has 6 nitrogen and oxygen atoms in total. The molecule has 0 aliphatic rings. The first-order valence-corrected chi connectivity index (χ1v) is 9.25. The number of benzene rings is 2. The molecule has 4 rings (SSSR count). The van der Waals surface area contributed by atoms with Crippen LogP contribution in [0.1, 0.15) is 12.3 Å². The quantitative estimate of drug-likeness (QED) is 0.479. The van der Waals surface area contributed by atoms with Crippen LogP contribution >= 0.6 is 0 Å². The Morgan fingerprint density at radius 2 is 1.66 bits per heavy atom. The number of carbonyl (C=O) groups is 1. The zero-order valence-corrected chi connectivity index (χ0v) is 15.6. The first kappa shape index (κ1) is 18.4. The van der Waals surface area contributed by atoms with Crippen LogP contribution in [-0.2, 0) is 11.2 Å². The lowest BCUT2D eigenvalue weighted by Gasteiger charge is -2.07. The molecule has 2 aromatic carbocycles. The van der Waals surface area contributed by atoms with Crippen molar-refractivity contribution in [2.45, 2.75) is 12.8 Å². The maximum absolute atomic E-state index is 12.2. The molecule has 2 heterocycles. The van der Waals surface area contributed by atoms with Crippen LogP contribution in [0.15, 0.2) is 89.6 Å². The van der Waals surface area contributed by atoms with E-state index in [1.165, 1.54) is 0 Å². The fourth-order valence-electron chi connectivity index (χ4n) is 2.73. The highest BCUT2D eigenvalue weighted by atomic mass is 16.5. The van der Waals surface area contributed by atoms with Gasteiger partial charge in [0.2, 0.25) is 11.8 Å². The van der Waals surface area contributed by atoms with E-state index in [1.54, 1.807) is 24.5 Å². The van der Waals surface area contributed by atoms with E-state index < -0.39 is 0 Å². The third kappa shape index (κ3) is 5.07. The number of carbonyl (C=O) groups excluding carboxylic acids is 1. The van der Waals surface area contributed by atoms with E-state index in [-0.39, 0.29) is 12.3 Å². The molecule has 0 atom stereocenters. The minimum atomic E-state index is -0.136. The van der Waals surface area contributed by atoms with Crippen LogP contribution in [0, 0.1) is 0 Å². The average Bonchev–Trinajstić information content (AvgIpc) is 3.24. The second kappa shape index (κ2) is 8.84. The number of hydrogen-bond acceptors (Lipinski definition) is 5. The topological polar surface area (TPSA) is 77.2 Å². The number of ether oxygens (including phenoxy) is 1. The van der Waals surface area contributed by atoms with Gasteiger partial charge in [-0.3, -0.25) is 4.79 Å². The Hall–Kier alpha value is -3.93. The molecule has 6 heteroatoms. The predicted molar refractivity (Wildman–Crippen MR) is 110 cm³/mol. The van der Waals surface area contributed by atoms with Crippen molar-refractivity contribution in [3.63, 3.8) is 0 Å². The Morgan fingerprint density at radius 1 is 0.897 bits per heavy atom. The SMILES string of the molecule is O=C(CCc1ncc(-c2ccccc2)o1)Nc1ccc(Oc2ccccc2)nc1. The third-order valence-electron chi connectivity index (χ3n) is 4.16. The summed E-state index contributed by atoms with van der Waals surface area (Å²) in [5, 5.41) is 2.82. The van der Waals surface area contributed by atoms with Crippen molar-refractivity contribution in [2.24, 2.45) is 0 Å². The lowest BCUT2D eigenvalue weighted by Crippen LogP contribution is -2.12. The van der Waals surface area contributed by atoms with Crippen molar-refractivity contribution in [3.05, 3.63) is 91.1 Å². The number of oxazole rings is 1. The molecule has 0 radical (unpaired) electrons. The van der Waals surface area contributed by atoms with E-state index in [4.69, 9.17) is 9.15 Å². The van der Waals surface area contributed by atoms with Crippen molar-refractivity contribution in [1.29, 1.82) is 0 Å². The maximum Gasteiger partial charge on any atom is 0.224 e. The van der Waals surface area contributed by atoms with E-state index in [0.717, 1.165) is 5.56 Å². The Bertz CT molecular complexity index is 1060. The number of nitrogens with zero attached hydrogens (tertiary/aromatic N) is 2. The number of aryl methyl sites for hydroxylation is 1. The zero-order valence-electron chi connectivity index (χ0n) is 15.6. The molecular formula is C23H19N3O3. The summed E-state index contributed by atoms with van der Waals surface area (Å²) < 4.78 is 11.4. The van der Waals surface area contributed by atoms with Gasteiger partial charge in [-0.05, 0) is 18.2 Å². The van der Waals surface area contributed by atoms with Gasteiger partial charge in [0.25, 0.3) is 0 Å². The Balaban J connectivity index is 1.28. The van der Waals surface area contributed by atoms with Gasteiger partial charge < -0.3 is 14.5 Å². The third-order valence-corrected chi connectivity index (χ3v) is 4.16. The standard InChI is InChI=1S/C23H19N3O3/c27-21(12-14-23-25-16-20(29-23)17-7-3-1-4-8-17)26-18-11-13-22(24-15-18)28-19-9-5-2-6-10-19/h1-11,13,15-16H,12,14H2,(H,26,27). The molecule has 144 valence electrons. The van der Waals surface area contributed by atoms with Crippen LogP contribution in [-0.4, -0.2) is 15.9 Å². The first-order chi connectivity index (χ1) is 14.3. The predicted octanol–water partition coefficient (Wildman–Crippen LogP) is 5.10. The maximum atomic E-state index is 12.2. The monoisotopic (exact) mass is 385 g/mol. The number of pyridine rings is 1. The molecule has 0 spiro atoms. The molecule has 2 aromatic heterocycles. The van der Waals surface area contributed by atoms with Crippen molar-refractivity contribution >= 4 is 11.6 Å². The molecule has 0 bridgehead atoms. The van der Waals surface area contributed by atoms with E-state index >= 15 is 0 Å². The van der Waals surface area contributed by atoms with Gasteiger partial charge in [0.15, 0.2) is 11.7 Å². The summed E-state index contributed by atoms with van der Waals surface area (Å²) in [6, 6.07) is 22.6. The summed E-state index contributed by atoms with van der Waals surface area (Å²) in [6.45, 7) is 0. The number of aromatic nitrogens is 2. The second-order valence-corrected chi connectivity index (χ2v) is 6.33. The lowest BCUT2D eigenvalue weighted by atomic mass is 10.2. The minimum absolute atomic E-state index is 0.136. The van der Waals surface area contributed by atoms with E-state index in [9.17, 15) is 4.79 Å². The van der Waals surface area contributed by atoms with Gasteiger partial charge >= 0.3 is 0 Å². The van der Waals surface area contributed by atoms with Crippen LogP contribution < -0.4 is 10.1 Å². The molecule has 0 saturated heterocycles. The summed E-state index contributed by atoms with van der Waals surface area (Å²) in [6.07, 6.45) is 3.92. The van der Waals surface area contributed by atoms with Gasteiger partial charge in [-0.1, -0.05) is 48.5 Å². The van der Waals surface area contributed by atoms with Gasteiger partial charge in [0, 0.05) is 24.5 Å². The fourth-order valence-corrected chi connectivity index (χ4v) is 2.73. The van der Waals surface area contributed by atoms with E-state index in [1.807, 2.05) is 60.7 Å². The zero-order chi connectivity index (χ0) is 19.9. The highest BCUT2D eigenvalue weighted by Gasteiger charge is 2.09.